The number of nitro groups is 1. The van der Waals surface area contributed by atoms with Gasteiger partial charge in [0.25, 0.3) is 5.69 Å². The van der Waals surface area contributed by atoms with Crippen molar-refractivity contribution in [3.63, 3.8) is 0 Å². The van der Waals surface area contributed by atoms with Gasteiger partial charge in [0.1, 0.15) is 0 Å². The zero-order valence-electron chi connectivity index (χ0n) is 12.4. The molecule has 0 atom stereocenters. The second-order valence-corrected chi connectivity index (χ2v) is 5.10. The van der Waals surface area contributed by atoms with Gasteiger partial charge in [-0.25, -0.2) is 9.78 Å². The van der Waals surface area contributed by atoms with Gasteiger partial charge in [-0.05, 0) is 23.8 Å². The molecule has 0 unspecified atom stereocenters. The summed E-state index contributed by atoms with van der Waals surface area (Å²) in [6.07, 6.45) is 3.30. The second kappa shape index (κ2) is 6.29. The van der Waals surface area contributed by atoms with Crippen molar-refractivity contribution in [1.82, 2.24) is 4.98 Å². The Morgan fingerprint density at radius 2 is 1.88 bits per heavy atom. The van der Waals surface area contributed by atoms with Crippen molar-refractivity contribution in [2.45, 2.75) is 0 Å². The van der Waals surface area contributed by atoms with Crippen LogP contribution >= 0.6 is 0 Å². The second-order valence-electron chi connectivity index (χ2n) is 5.10. The fraction of sp³-hybridized carbons (Fsp3) is 0. The lowest BCUT2D eigenvalue weighted by Gasteiger charge is -2.04. The topological polar surface area (TPSA) is 93.3 Å². The largest absolute Gasteiger partial charge is 0.478 e. The van der Waals surface area contributed by atoms with Crippen molar-refractivity contribution >= 4 is 34.7 Å². The molecule has 0 radical (unpaired) electrons. The fourth-order valence-corrected chi connectivity index (χ4v) is 2.38. The average molecular weight is 320 g/mol. The normalized spacial score (nSPS) is 11.0. The van der Waals surface area contributed by atoms with E-state index in [-0.39, 0.29) is 11.3 Å². The van der Waals surface area contributed by atoms with Crippen molar-refractivity contribution in [1.29, 1.82) is 0 Å². The summed E-state index contributed by atoms with van der Waals surface area (Å²) in [5, 5.41) is 20.7. The van der Waals surface area contributed by atoms with E-state index in [0.29, 0.717) is 22.2 Å². The molecular weight excluding hydrogens is 308 g/mol. The molecule has 0 aliphatic heterocycles. The number of carboxylic acids is 1. The lowest BCUT2D eigenvalue weighted by Crippen LogP contribution is -2.00. The molecule has 2 aromatic carbocycles. The fourth-order valence-electron chi connectivity index (χ4n) is 2.38. The van der Waals surface area contributed by atoms with Gasteiger partial charge in [-0.2, -0.15) is 0 Å². The SMILES string of the molecule is O=C(O)c1cc(C=Cc2cccc([N+](=O)[O-])c2)nc2ccccc12. The third kappa shape index (κ3) is 3.12. The smallest absolute Gasteiger partial charge is 0.336 e. The van der Waals surface area contributed by atoms with Gasteiger partial charge in [0.2, 0.25) is 0 Å². The number of carboxylic acid groups (broad SMARTS) is 1. The van der Waals surface area contributed by atoms with Crippen LogP contribution in [0.25, 0.3) is 23.1 Å². The number of aromatic carboxylic acids is 1. The van der Waals surface area contributed by atoms with E-state index in [2.05, 4.69) is 4.98 Å². The highest BCUT2D eigenvalue weighted by atomic mass is 16.6. The number of pyridine rings is 1. The Labute approximate surface area is 136 Å². The van der Waals surface area contributed by atoms with Crippen molar-refractivity contribution in [2.75, 3.05) is 0 Å². The summed E-state index contributed by atoms with van der Waals surface area (Å²) in [7, 11) is 0. The number of benzene rings is 2. The highest BCUT2D eigenvalue weighted by molar-refractivity contribution is 6.03. The van der Waals surface area contributed by atoms with Gasteiger partial charge >= 0.3 is 5.97 Å². The van der Waals surface area contributed by atoms with Crippen LogP contribution in [0.3, 0.4) is 0 Å². The van der Waals surface area contributed by atoms with Crippen molar-refractivity contribution in [2.24, 2.45) is 0 Å². The van der Waals surface area contributed by atoms with Crippen molar-refractivity contribution in [3.05, 3.63) is 81.5 Å². The monoisotopic (exact) mass is 320 g/mol. The number of hydrogen-bond donors (Lipinski definition) is 1. The first-order chi connectivity index (χ1) is 11.5. The molecular formula is C18H12N2O4. The van der Waals surface area contributed by atoms with Gasteiger partial charge in [-0.1, -0.05) is 36.4 Å². The first-order valence-electron chi connectivity index (χ1n) is 7.10. The Hall–Kier alpha value is -3.54. The zero-order chi connectivity index (χ0) is 17.1. The summed E-state index contributed by atoms with van der Waals surface area (Å²) < 4.78 is 0. The third-order valence-corrected chi connectivity index (χ3v) is 3.49. The summed E-state index contributed by atoms with van der Waals surface area (Å²) >= 11 is 0. The molecule has 1 heterocycles. The molecule has 0 aliphatic rings. The zero-order valence-corrected chi connectivity index (χ0v) is 12.4. The lowest BCUT2D eigenvalue weighted by atomic mass is 10.1. The Kier molecular flexibility index (Phi) is 4.03. The molecule has 1 N–H and O–H groups in total. The van der Waals surface area contributed by atoms with E-state index >= 15 is 0 Å². The van der Waals surface area contributed by atoms with Gasteiger partial charge < -0.3 is 5.11 Å². The molecule has 0 fully saturated rings. The van der Waals surface area contributed by atoms with E-state index in [0.717, 1.165) is 0 Å². The lowest BCUT2D eigenvalue weighted by molar-refractivity contribution is -0.384. The van der Waals surface area contributed by atoms with E-state index in [1.165, 1.54) is 18.2 Å². The minimum Gasteiger partial charge on any atom is -0.478 e. The Morgan fingerprint density at radius 1 is 1.08 bits per heavy atom. The van der Waals surface area contributed by atoms with Crippen LogP contribution in [-0.4, -0.2) is 21.0 Å². The van der Waals surface area contributed by atoms with E-state index in [1.807, 2.05) is 0 Å². The predicted octanol–water partition coefficient (Wildman–Crippen LogP) is 4.01. The quantitative estimate of drug-likeness (QED) is 0.579. The molecule has 1 aromatic heterocycles. The number of rotatable bonds is 4. The maximum absolute atomic E-state index is 11.4. The van der Waals surface area contributed by atoms with Crippen molar-refractivity contribution < 1.29 is 14.8 Å². The van der Waals surface area contributed by atoms with Crippen LogP contribution < -0.4 is 0 Å². The number of para-hydroxylation sites is 1. The van der Waals surface area contributed by atoms with Gasteiger partial charge in [-0.15, -0.1) is 0 Å². The first-order valence-corrected chi connectivity index (χ1v) is 7.10. The maximum Gasteiger partial charge on any atom is 0.336 e. The minimum absolute atomic E-state index is 0.00477. The maximum atomic E-state index is 11.4. The van der Waals surface area contributed by atoms with Gasteiger partial charge in [0.15, 0.2) is 0 Å². The molecule has 6 nitrogen and oxygen atoms in total. The van der Waals surface area contributed by atoms with E-state index in [4.69, 9.17) is 0 Å². The molecule has 118 valence electrons. The highest BCUT2D eigenvalue weighted by Gasteiger charge is 2.10. The van der Waals surface area contributed by atoms with Gasteiger partial charge in [-0.3, -0.25) is 10.1 Å². The molecule has 0 spiro atoms. The number of fused-ring (bicyclic) bond motifs is 1. The third-order valence-electron chi connectivity index (χ3n) is 3.49. The highest BCUT2D eigenvalue weighted by Crippen LogP contribution is 2.20. The van der Waals surface area contributed by atoms with Crippen molar-refractivity contribution in [3.8, 4) is 0 Å². The summed E-state index contributed by atoms with van der Waals surface area (Å²) in [5.41, 5.74) is 1.85. The van der Waals surface area contributed by atoms with E-state index < -0.39 is 10.9 Å². The summed E-state index contributed by atoms with van der Waals surface area (Å²) in [5.74, 6) is -1.03. The number of nitrogens with zero attached hydrogens (tertiary/aromatic N) is 2. The van der Waals surface area contributed by atoms with Gasteiger partial charge in [0.05, 0.1) is 21.7 Å². The number of nitro benzene ring substituents is 1. The van der Waals surface area contributed by atoms with Crippen LogP contribution in [0.2, 0.25) is 0 Å². The minimum atomic E-state index is -1.03. The number of hydrogen-bond acceptors (Lipinski definition) is 4. The standard InChI is InChI=1S/C18H12N2O4/c21-18(22)16-11-13(19-17-7-2-1-6-15(16)17)9-8-12-4-3-5-14(10-12)20(23)24/h1-11H,(H,21,22). The van der Waals surface area contributed by atoms with Crippen LogP contribution in [0.1, 0.15) is 21.6 Å². The average Bonchev–Trinajstić information content (AvgIpc) is 2.59. The number of non-ortho nitro benzene ring substituents is 1. The number of aromatic nitrogens is 1. The predicted molar refractivity (Wildman–Crippen MR) is 90.7 cm³/mol. The molecule has 3 aromatic rings. The number of carbonyl (C=O) groups is 1. The molecule has 0 amide bonds. The van der Waals surface area contributed by atoms with E-state index in [9.17, 15) is 20.0 Å². The van der Waals surface area contributed by atoms with Crippen LogP contribution in [0.4, 0.5) is 5.69 Å². The molecule has 24 heavy (non-hydrogen) atoms. The summed E-state index contributed by atoms with van der Waals surface area (Å²) in [6.45, 7) is 0. The molecule has 0 saturated carbocycles. The van der Waals surface area contributed by atoms with E-state index in [1.54, 1.807) is 48.6 Å². The summed E-state index contributed by atoms with van der Waals surface area (Å²) in [6, 6.07) is 14.6. The summed E-state index contributed by atoms with van der Waals surface area (Å²) in [4.78, 5) is 26.2. The molecule has 6 heteroatoms. The van der Waals surface area contributed by atoms with Crippen LogP contribution in [-0.2, 0) is 0 Å². The Balaban J connectivity index is 2.02. The molecule has 3 rings (SSSR count). The molecule has 0 aliphatic carbocycles. The Morgan fingerprint density at radius 3 is 2.62 bits per heavy atom. The van der Waals surface area contributed by atoms with Crippen LogP contribution in [0.15, 0.2) is 54.6 Å². The molecule has 0 saturated heterocycles. The van der Waals surface area contributed by atoms with Gasteiger partial charge in [0, 0.05) is 17.5 Å². The Bertz CT molecular complexity index is 980. The van der Waals surface area contributed by atoms with Crippen LogP contribution in [0.5, 0.6) is 0 Å². The first kappa shape index (κ1) is 15.4. The molecule has 0 bridgehead atoms. The van der Waals surface area contributed by atoms with Crippen LogP contribution in [0, 0.1) is 10.1 Å².